The average Bonchev–Trinajstić information content (AvgIpc) is 3.04. The van der Waals surface area contributed by atoms with Crippen molar-refractivity contribution >= 4 is 34.8 Å². The van der Waals surface area contributed by atoms with Gasteiger partial charge in [-0.1, -0.05) is 22.9 Å². The number of hydrogen-bond acceptors (Lipinski definition) is 4. The Labute approximate surface area is 139 Å². The summed E-state index contributed by atoms with van der Waals surface area (Å²) in [6.07, 6.45) is 4.66. The van der Waals surface area contributed by atoms with Crippen molar-refractivity contribution in [2.45, 2.75) is 45.1 Å². The third-order valence-corrected chi connectivity index (χ3v) is 5.71. The van der Waals surface area contributed by atoms with Gasteiger partial charge in [-0.05, 0) is 32.6 Å². The van der Waals surface area contributed by atoms with Crippen LogP contribution in [0.2, 0.25) is 4.47 Å². The fourth-order valence-corrected chi connectivity index (χ4v) is 4.41. The summed E-state index contributed by atoms with van der Waals surface area (Å²) in [6, 6.07) is 0.114. The summed E-state index contributed by atoms with van der Waals surface area (Å²) in [4.78, 5) is 33.3. The van der Waals surface area contributed by atoms with E-state index >= 15 is 0 Å². The van der Waals surface area contributed by atoms with E-state index < -0.39 is 0 Å². The number of amides is 2. The van der Waals surface area contributed by atoms with Crippen molar-refractivity contribution in [3.05, 3.63) is 15.0 Å². The van der Waals surface area contributed by atoms with E-state index in [0.29, 0.717) is 28.0 Å². The Morgan fingerprint density at radius 3 is 2.82 bits per heavy atom. The average molecular weight is 342 g/mol. The van der Waals surface area contributed by atoms with E-state index in [1.807, 2.05) is 16.7 Å². The van der Waals surface area contributed by atoms with Crippen LogP contribution in [0, 0.1) is 6.92 Å². The SMILES string of the molecule is Cc1nc(Cl)sc1C(=O)N1CCCC[C@@H]1CN1CCCC1=O. The molecule has 2 fully saturated rings. The molecule has 0 bridgehead atoms. The molecule has 2 amide bonds. The van der Waals surface area contributed by atoms with E-state index in [2.05, 4.69) is 4.98 Å². The van der Waals surface area contributed by atoms with Crippen molar-refractivity contribution in [1.82, 2.24) is 14.8 Å². The Morgan fingerprint density at radius 2 is 2.18 bits per heavy atom. The Kier molecular flexibility index (Phi) is 4.68. The molecule has 3 rings (SSSR count). The summed E-state index contributed by atoms with van der Waals surface area (Å²) in [5.41, 5.74) is 0.696. The topological polar surface area (TPSA) is 53.5 Å². The number of nitrogens with zero attached hydrogens (tertiary/aromatic N) is 3. The number of aromatic nitrogens is 1. The van der Waals surface area contributed by atoms with Crippen LogP contribution >= 0.6 is 22.9 Å². The zero-order chi connectivity index (χ0) is 15.7. The minimum Gasteiger partial charge on any atom is -0.341 e. The van der Waals surface area contributed by atoms with Crippen molar-refractivity contribution in [2.75, 3.05) is 19.6 Å². The zero-order valence-corrected chi connectivity index (χ0v) is 14.3. The number of carbonyl (C=O) groups is 2. The van der Waals surface area contributed by atoms with E-state index in [1.54, 1.807) is 0 Å². The Balaban J connectivity index is 1.75. The van der Waals surface area contributed by atoms with Gasteiger partial charge in [0.05, 0.1) is 5.69 Å². The van der Waals surface area contributed by atoms with Gasteiger partial charge < -0.3 is 9.80 Å². The number of likely N-dealkylation sites (tertiary alicyclic amines) is 2. The van der Waals surface area contributed by atoms with E-state index in [1.165, 1.54) is 11.3 Å². The molecule has 1 aromatic heterocycles. The predicted molar refractivity (Wildman–Crippen MR) is 86.4 cm³/mol. The highest BCUT2D eigenvalue weighted by Gasteiger charge is 2.33. The van der Waals surface area contributed by atoms with Gasteiger partial charge in [0, 0.05) is 32.1 Å². The second-order valence-corrected chi connectivity index (χ2v) is 7.55. The summed E-state index contributed by atoms with van der Waals surface area (Å²) in [5, 5.41) is 0. The fraction of sp³-hybridized carbons (Fsp3) is 0.667. The van der Waals surface area contributed by atoms with Gasteiger partial charge in [0.25, 0.3) is 5.91 Å². The first-order valence-corrected chi connectivity index (χ1v) is 8.97. The molecule has 0 saturated carbocycles. The maximum Gasteiger partial charge on any atom is 0.266 e. The van der Waals surface area contributed by atoms with Gasteiger partial charge in [0.1, 0.15) is 4.88 Å². The van der Waals surface area contributed by atoms with Crippen molar-refractivity contribution in [1.29, 1.82) is 0 Å². The number of aryl methyl sites for hydroxylation is 1. The third kappa shape index (κ3) is 3.13. The largest absolute Gasteiger partial charge is 0.341 e. The zero-order valence-electron chi connectivity index (χ0n) is 12.7. The molecule has 0 spiro atoms. The summed E-state index contributed by atoms with van der Waals surface area (Å²) < 4.78 is 0.407. The molecule has 3 heterocycles. The molecule has 2 aliphatic heterocycles. The second kappa shape index (κ2) is 6.54. The summed E-state index contributed by atoms with van der Waals surface area (Å²) in [5.74, 6) is 0.230. The first kappa shape index (κ1) is 15.7. The van der Waals surface area contributed by atoms with E-state index in [0.717, 1.165) is 38.8 Å². The van der Waals surface area contributed by atoms with Crippen molar-refractivity contribution < 1.29 is 9.59 Å². The number of carbonyl (C=O) groups excluding carboxylic acids is 2. The van der Waals surface area contributed by atoms with Crippen LogP contribution in [-0.2, 0) is 4.79 Å². The number of rotatable bonds is 3. The van der Waals surface area contributed by atoms with Gasteiger partial charge in [-0.3, -0.25) is 9.59 Å². The van der Waals surface area contributed by atoms with E-state index in [4.69, 9.17) is 11.6 Å². The van der Waals surface area contributed by atoms with Gasteiger partial charge in [0.15, 0.2) is 4.47 Å². The van der Waals surface area contributed by atoms with E-state index in [-0.39, 0.29) is 17.9 Å². The first-order valence-electron chi connectivity index (χ1n) is 7.78. The van der Waals surface area contributed by atoms with Crippen LogP contribution < -0.4 is 0 Å². The van der Waals surface area contributed by atoms with Gasteiger partial charge in [0.2, 0.25) is 5.91 Å². The molecule has 2 aliphatic rings. The second-order valence-electron chi connectivity index (χ2n) is 5.97. The molecule has 22 heavy (non-hydrogen) atoms. The van der Waals surface area contributed by atoms with Gasteiger partial charge in [-0.25, -0.2) is 4.98 Å². The Bertz CT molecular complexity index is 589. The lowest BCUT2D eigenvalue weighted by molar-refractivity contribution is -0.128. The van der Waals surface area contributed by atoms with Crippen molar-refractivity contribution in [3.63, 3.8) is 0 Å². The number of hydrogen-bond donors (Lipinski definition) is 0. The molecule has 0 radical (unpaired) electrons. The number of thiazole rings is 1. The predicted octanol–water partition coefficient (Wildman–Crippen LogP) is 2.72. The van der Waals surface area contributed by atoms with Gasteiger partial charge >= 0.3 is 0 Å². The summed E-state index contributed by atoms with van der Waals surface area (Å²) in [6.45, 7) is 4.05. The van der Waals surface area contributed by atoms with Gasteiger partial charge in [-0.15, -0.1) is 0 Å². The maximum atomic E-state index is 12.8. The highest BCUT2D eigenvalue weighted by atomic mass is 35.5. The molecule has 0 aromatic carbocycles. The summed E-state index contributed by atoms with van der Waals surface area (Å²) in [7, 11) is 0. The third-order valence-electron chi connectivity index (χ3n) is 4.46. The highest BCUT2D eigenvalue weighted by Crippen LogP contribution is 2.27. The normalized spacial score (nSPS) is 22.5. The maximum absolute atomic E-state index is 12.8. The van der Waals surface area contributed by atoms with Crippen LogP contribution in [0.5, 0.6) is 0 Å². The quantitative estimate of drug-likeness (QED) is 0.849. The smallest absolute Gasteiger partial charge is 0.266 e. The molecule has 0 N–H and O–H groups in total. The van der Waals surface area contributed by atoms with Crippen LogP contribution in [-0.4, -0.2) is 52.3 Å². The van der Waals surface area contributed by atoms with Crippen molar-refractivity contribution in [2.24, 2.45) is 0 Å². The monoisotopic (exact) mass is 341 g/mol. The molecule has 7 heteroatoms. The number of piperidine rings is 1. The minimum absolute atomic E-state index is 0.0123. The standard InChI is InChI=1S/C15H20ClN3O2S/c1-10-13(22-15(16)17-10)14(21)19-8-3-2-5-11(19)9-18-7-4-6-12(18)20/h11H,2-9H2,1H3/t11-/m1/s1. The molecule has 2 saturated heterocycles. The molecule has 1 aromatic rings. The van der Waals surface area contributed by atoms with Crippen molar-refractivity contribution in [3.8, 4) is 0 Å². The van der Waals surface area contributed by atoms with Crippen LogP contribution in [0.15, 0.2) is 0 Å². The Hall–Kier alpha value is -1.14. The van der Waals surface area contributed by atoms with Gasteiger partial charge in [-0.2, -0.15) is 0 Å². The number of halogens is 1. The lowest BCUT2D eigenvalue weighted by Gasteiger charge is -2.37. The lowest BCUT2D eigenvalue weighted by atomic mass is 10.0. The molecular weight excluding hydrogens is 322 g/mol. The molecule has 0 unspecified atom stereocenters. The molecule has 120 valence electrons. The lowest BCUT2D eigenvalue weighted by Crippen LogP contribution is -2.49. The van der Waals surface area contributed by atoms with Crippen LogP contribution in [0.4, 0.5) is 0 Å². The molecule has 0 aliphatic carbocycles. The molecule has 1 atom stereocenters. The highest BCUT2D eigenvalue weighted by molar-refractivity contribution is 7.17. The van der Waals surface area contributed by atoms with Crippen LogP contribution in [0.1, 0.15) is 47.5 Å². The summed E-state index contributed by atoms with van der Waals surface area (Å²) >= 11 is 7.17. The minimum atomic E-state index is 0.0123. The van der Waals surface area contributed by atoms with E-state index in [9.17, 15) is 9.59 Å². The van der Waals surface area contributed by atoms with Crippen LogP contribution in [0.3, 0.4) is 0 Å². The first-order chi connectivity index (χ1) is 10.6. The Morgan fingerprint density at radius 1 is 1.36 bits per heavy atom. The molecule has 5 nitrogen and oxygen atoms in total. The van der Waals surface area contributed by atoms with Crippen LogP contribution in [0.25, 0.3) is 0 Å². The molecular formula is C15H20ClN3O2S. The fourth-order valence-electron chi connectivity index (χ4n) is 3.30.